The van der Waals surface area contributed by atoms with Crippen LogP contribution in [0.4, 0.5) is 5.69 Å². The number of amides is 2. The molecular weight excluding hydrogens is 262 g/mol. The molecule has 1 saturated heterocycles. The molecule has 2 aliphatic carbocycles. The van der Waals surface area contributed by atoms with Crippen LogP contribution < -0.4 is 4.90 Å². The Morgan fingerprint density at radius 3 is 2.10 bits per heavy atom. The molecule has 0 aromatic heterocycles. The van der Waals surface area contributed by atoms with E-state index in [4.69, 9.17) is 0 Å². The molecule has 2 fully saturated rings. The molecule has 1 heterocycles. The summed E-state index contributed by atoms with van der Waals surface area (Å²) in [6.45, 7) is 2.14. The highest BCUT2D eigenvalue weighted by Crippen LogP contribution is 2.53. The fourth-order valence-corrected chi connectivity index (χ4v) is 4.26. The normalized spacial score (nSPS) is 33.1. The van der Waals surface area contributed by atoms with Crippen LogP contribution in [0.3, 0.4) is 0 Å². The summed E-state index contributed by atoms with van der Waals surface area (Å²) in [6.07, 6.45) is 7.37. The van der Waals surface area contributed by atoms with Gasteiger partial charge in [0.1, 0.15) is 0 Å². The molecule has 2 amide bonds. The second-order valence-electron chi connectivity index (χ2n) is 6.43. The first-order valence-corrected chi connectivity index (χ1v) is 7.85. The lowest BCUT2D eigenvalue weighted by atomic mass is 9.85. The quantitative estimate of drug-likeness (QED) is 0.631. The monoisotopic (exact) mass is 281 g/mol. The Labute approximate surface area is 124 Å². The van der Waals surface area contributed by atoms with Gasteiger partial charge in [0.05, 0.1) is 17.5 Å². The van der Waals surface area contributed by atoms with Crippen LogP contribution in [0.15, 0.2) is 36.4 Å². The molecule has 0 radical (unpaired) electrons. The topological polar surface area (TPSA) is 37.4 Å². The van der Waals surface area contributed by atoms with Crippen molar-refractivity contribution in [3.63, 3.8) is 0 Å². The fraction of sp³-hybridized carbons (Fsp3) is 0.444. The molecule has 1 aliphatic heterocycles. The van der Waals surface area contributed by atoms with Crippen molar-refractivity contribution in [1.29, 1.82) is 0 Å². The van der Waals surface area contributed by atoms with Crippen molar-refractivity contribution in [2.45, 2.75) is 26.2 Å². The molecule has 3 nitrogen and oxygen atoms in total. The summed E-state index contributed by atoms with van der Waals surface area (Å²) in [5.74, 6) is 0.349. The number of allylic oxidation sites excluding steroid dienone is 2. The predicted molar refractivity (Wildman–Crippen MR) is 80.6 cm³/mol. The lowest BCUT2D eigenvalue weighted by molar-refractivity contribution is -0.123. The van der Waals surface area contributed by atoms with Crippen LogP contribution in [-0.2, 0) is 16.0 Å². The van der Waals surface area contributed by atoms with Gasteiger partial charge in [-0.1, -0.05) is 37.6 Å². The van der Waals surface area contributed by atoms with Crippen LogP contribution in [0.5, 0.6) is 0 Å². The van der Waals surface area contributed by atoms with E-state index in [1.165, 1.54) is 10.5 Å². The zero-order valence-corrected chi connectivity index (χ0v) is 12.2. The van der Waals surface area contributed by atoms with E-state index in [1.807, 2.05) is 24.3 Å². The molecular formula is C18H19NO2. The van der Waals surface area contributed by atoms with Gasteiger partial charge in [-0.3, -0.25) is 14.5 Å². The number of benzene rings is 1. The third-order valence-electron chi connectivity index (χ3n) is 5.20. The van der Waals surface area contributed by atoms with Crippen LogP contribution >= 0.6 is 0 Å². The van der Waals surface area contributed by atoms with Crippen molar-refractivity contribution >= 4 is 17.5 Å². The lowest BCUT2D eigenvalue weighted by Crippen LogP contribution is -2.32. The number of hydrogen-bond donors (Lipinski definition) is 0. The standard InChI is InChI=1S/C18H19NO2/c1-2-3-11-4-8-14(9-5-11)19-17(20)15-12-6-7-13(10-12)16(15)18(19)21/h4-9,12-13,15-16H,2-3,10H2,1H3/t12-,13-,15+,16+/m0/s1. The molecule has 3 heteroatoms. The van der Waals surface area contributed by atoms with Crippen molar-refractivity contribution in [1.82, 2.24) is 0 Å². The van der Waals surface area contributed by atoms with Crippen LogP contribution in [0.25, 0.3) is 0 Å². The first-order chi connectivity index (χ1) is 10.2. The minimum absolute atomic E-state index is 0.00471. The molecule has 4 atom stereocenters. The van der Waals surface area contributed by atoms with Crippen LogP contribution in [0.2, 0.25) is 0 Å². The van der Waals surface area contributed by atoms with Gasteiger partial charge in [-0.25, -0.2) is 0 Å². The Morgan fingerprint density at radius 1 is 1.00 bits per heavy atom. The van der Waals surface area contributed by atoms with Gasteiger partial charge in [-0.05, 0) is 42.4 Å². The highest BCUT2D eigenvalue weighted by molar-refractivity contribution is 6.22. The Bertz CT molecular complexity index is 601. The Morgan fingerprint density at radius 2 is 1.57 bits per heavy atom. The Hall–Kier alpha value is -1.90. The minimum Gasteiger partial charge on any atom is -0.274 e. The minimum atomic E-state index is -0.109. The van der Waals surface area contributed by atoms with E-state index in [1.54, 1.807) is 0 Å². The predicted octanol–water partition coefficient (Wildman–Crippen LogP) is 2.95. The van der Waals surface area contributed by atoms with Gasteiger partial charge in [-0.2, -0.15) is 0 Å². The maximum Gasteiger partial charge on any atom is 0.238 e. The molecule has 2 bridgehead atoms. The summed E-state index contributed by atoms with van der Waals surface area (Å²) in [5, 5.41) is 0. The van der Waals surface area contributed by atoms with E-state index in [2.05, 4.69) is 19.1 Å². The smallest absolute Gasteiger partial charge is 0.238 e. The second-order valence-corrected chi connectivity index (χ2v) is 6.43. The van der Waals surface area contributed by atoms with Crippen molar-refractivity contribution in [3.8, 4) is 0 Å². The average molecular weight is 281 g/mol. The Kier molecular flexibility index (Phi) is 2.78. The van der Waals surface area contributed by atoms with Gasteiger partial charge in [0.2, 0.25) is 11.8 Å². The highest BCUT2D eigenvalue weighted by atomic mass is 16.2. The molecule has 1 saturated carbocycles. The number of fused-ring (bicyclic) bond motifs is 5. The third-order valence-corrected chi connectivity index (χ3v) is 5.20. The number of anilines is 1. The third kappa shape index (κ3) is 1.73. The zero-order valence-electron chi connectivity index (χ0n) is 12.2. The van der Waals surface area contributed by atoms with Gasteiger partial charge >= 0.3 is 0 Å². The summed E-state index contributed by atoms with van der Waals surface area (Å²) < 4.78 is 0. The molecule has 1 aromatic carbocycles. The maximum atomic E-state index is 12.7. The van der Waals surface area contributed by atoms with E-state index < -0.39 is 0 Å². The summed E-state index contributed by atoms with van der Waals surface area (Å²) in [7, 11) is 0. The largest absolute Gasteiger partial charge is 0.274 e. The van der Waals surface area contributed by atoms with Crippen molar-refractivity contribution in [3.05, 3.63) is 42.0 Å². The van der Waals surface area contributed by atoms with Gasteiger partial charge in [-0.15, -0.1) is 0 Å². The molecule has 21 heavy (non-hydrogen) atoms. The number of hydrogen-bond acceptors (Lipinski definition) is 2. The average Bonchev–Trinajstić information content (AvgIpc) is 3.15. The second kappa shape index (κ2) is 4.55. The van der Waals surface area contributed by atoms with Crippen molar-refractivity contribution < 1.29 is 9.59 Å². The van der Waals surface area contributed by atoms with Gasteiger partial charge in [0, 0.05) is 0 Å². The lowest BCUT2D eigenvalue weighted by Gasteiger charge is -2.17. The summed E-state index contributed by atoms with van der Waals surface area (Å²) >= 11 is 0. The summed E-state index contributed by atoms with van der Waals surface area (Å²) in [5.41, 5.74) is 1.99. The fourth-order valence-electron chi connectivity index (χ4n) is 4.26. The van der Waals surface area contributed by atoms with E-state index in [9.17, 15) is 9.59 Å². The number of carbonyl (C=O) groups excluding carboxylic acids is 2. The number of carbonyl (C=O) groups is 2. The van der Waals surface area contributed by atoms with E-state index in [0.29, 0.717) is 0 Å². The van der Waals surface area contributed by atoms with Crippen molar-refractivity contribution in [2.75, 3.05) is 4.90 Å². The van der Waals surface area contributed by atoms with Crippen LogP contribution in [-0.4, -0.2) is 11.8 Å². The van der Waals surface area contributed by atoms with Gasteiger partial charge < -0.3 is 0 Å². The van der Waals surface area contributed by atoms with E-state index in [0.717, 1.165) is 24.9 Å². The van der Waals surface area contributed by atoms with E-state index in [-0.39, 0.29) is 35.5 Å². The molecule has 108 valence electrons. The van der Waals surface area contributed by atoms with Crippen LogP contribution in [0.1, 0.15) is 25.3 Å². The Balaban J connectivity index is 1.64. The first kappa shape index (κ1) is 12.8. The number of nitrogens with zero attached hydrogens (tertiary/aromatic N) is 1. The number of aryl methyl sites for hydroxylation is 1. The molecule has 1 aromatic rings. The van der Waals surface area contributed by atoms with Crippen molar-refractivity contribution in [2.24, 2.45) is 23.7 Å². The number of imide groups is 1. The summed E-state index contributed by atoms with van der Waals surface area (Å²) in [6, 6.07) is 7.88. The molecule has 0 unspecified atom stereocenters. The van der Waals surface area contributed by atoms with E-state index >= 15 is 0 Å². The zero-order chi connectivity index (χ0) is 14.6. The van der Waals surface area contributed by atoms with Gasteiger partial charge in [0.15, 0.2) is 0 Å². The molecule has 3 aliphatic rings. The molecule has 4 rings (SSSR count). The highest BCUT2D eigenvalue weighted by Gasteiger charge is 2.59. The molecule has 0 spiro atoms. The first-order valence-electron chi connectivity index (χ1n) is 7.85. The number of rotatable bonds is 3. The molecule has 0 N–H and O–H groups in total. The SMILES string of the molecule is CCCc1ccc(N2C(=O)[C@H]3[C@H](C2=O)[C@H]2C=C[C@H]3C2)cc1. The maximum absolute atomic E-state index is 12.7. The van der Waals surface area contributed by atoms with Crippen LogP contribution in [0, 0.1) is 23.7 Å². The van der Waals surface area contributed by atoms with Gasteiger partial charge in [0.25, 0.3) is 0 Å². The summed E-state index contributed by atoms with van der Waals surface area (Å²) in [4.78, 5) is 26.8.